The second-order valence-corrected chi connectivity index (χ2v) is 6.74. The van der Waals surface area contributed by atoms with Crippen LogP contribution in [0.2, 0.25) is 20.2 Å². The second-order valence-electron chi connectivity index (χ2n) is 3.51. The number of hydrogen-bond donors (Lipinski definition) is 1. The molecule has 0 spiro atoms. The SMILES string of the molecule is O=S(=O)(Nc1ncnc(Cl)c1Cl)c1ccc(Cl)c(Cl)c1. The number of sulfonamides is 1. The maximum Gasteiger partial charge on any atom is 0.263 e. The van der Waals surface area contributed by atoms with E-state index in [0.717, 1.165) is 6.33 Å². The number of aromatic nitrogens is 2. The van der Waals surface area contributed by atoms with Gasteiger partial charge in [-0.3, -0.25) is 4.72 Å². The van der Waals surface area contributed by atoms with Crippen LogP contribution >= 0.6 is 46.4 Å². The van der Waals surface area contributed by atoms with Gasteiger partial charge in [0.1, 0.15) is 11.3 Å². The molecule has 0 fully saturated rings. The van der Waals surface area contributed by atoms with Crippen molar-refractivity contribution in [3.8, 4) is 0 Å². The minimum absolute atomic E-state index is 0.0616. The number of hydrogen-bond acceptors (Lipinski definition) is 4. The van der Waals surface area contributed by atoms with Crippen LogP contribution in [-0.2, 0) is 10.0 Å². The topological polar surface area (TPSA) is 72.0 Å². The molecule has 0 unspecified atom stereocenters. The van der Waals surface area contributed by atoms with Crippen molar-refractivity contribution in [2.75, 3.05) is 4.72 Å². The predicted octanol–water partition coefficient (Wildman–Crippen LogP) is 3.89. The van der Waals surface area contributed by atoms with Crippen LogP contribution in [0.5, 0.6) is 0 Å². The monoisotopic (exact) mass is 371 g/mol. The highest BCUT2D eigenvalue weighted by molar-refractivity contribution is 7.92. The highest BCUT2D eigenvalue weighted by Gasteiger charge is 2.19. The van der Waals surface area contributed by atoms with Crippen molar-refractivity contribution < 1.29 is 8.42 Å². The fourth-order valence-electron chi connectivity index (χ4n) is 1.25. The number of halogens is 4. The molecule has 10 heteroatoms. The lowest BCUT2D eigenvalue weighted by atomic mass is 10.4. The summed E-state index contributed by atoms with van der Waals surface area (Å²) in [5.41, 5.74) is 0. The van der Waals surface area contributed by atoms with Crippen LogP contribution < -0.4 is 4.72 Å². The molecule has 0 saturated heterocycles. The Hall–Kier alpha value is -0.790. The van der Waals surface area contributed by atoms with Gasteiger partial charge in [-0.1, -0.05) is 46.4 Å². The summed E-state index contributed by atoms with van der Waals surface area (Å²) in [4.78, 5) is 7.24. The average molecular weight is 373 g/mol. The number of benzene rings is 1. The van der Waals surface area contributed by atoms with Gasteiger partial charge < -0.3 is 0 Å². The molecule has 0 saturated carbocycles. The van der Waals surface area contributed by atoms with Gasteiger partial charge in [-0.05, 0) is 18.2 Å². The van der Waals surface area contributed by atoms with E-state index in [9.17, 15) is 8.42 Å². The first-order valence-electron chi connectivity index (χ1n) is 4.95. The summed E-state index contributed by atoms with van der Waals surface area (Å²) in [7, 11) is -3.92. The molecule has 1 aromatic heterocycles. The van der Waals surface area contributed by atoms with Crippen LogP contribution in [0.1, 0.15) is 0 Å². The molecule has 1 aromatic carbocycles. The Bertz CT molecular complexity index is 767. The van der Waals surface area contributed by atoms with Crippen LogP contribution in [0.3, 0.4) is 0 Å². The number of anilines is 1. The molecule has 0 aliphatic rings. The largest absolute Gasteiger partial charge is 0.263 e. The van der Waals surface area contributed by atoms with E-state index in [0.29, 0.717) is 0 Å². The van der Waals surface area contributed by atoms with Crippen molar-refractivity contribution in [1.29, 1.82) is 0 Å². The van der Waals surface area contributed by atoms with Gasteiger partial charge in [0.15, 0.2) is 11.0 Å². The van der Waals surface area contributed by atoms with Gasteiger partial charge in [-0.15, -0.1) is 0 Å². The Morgan fingerprint density at radius 1 is 1.00 bits per heavy atom. The molecular formula is C10H5Cl4N3O2S. The van der Waals surface area contributed by atoms with Gasteiger partial charge >= 0.3 is 0 Å². The molecule has 0 radical (unpaired) electrons. The van der Waals surface area contributed by atoms with Gasteiger partial charge in [-0.2, -0.15) is 0 Å². The standard InChI is InChI=1S/C10H5Cl4N3O2S/c11-6-2-1-5(3-7(6)12)20(18,19)17-10-8(13)9(14)15-4-16-10/h1-4H,(H,15,16,17). The van der Waals surface area contributed by atoms with Crippen molar-refractivity contribution in [1.82, 2.24) is 9.97 Å². The van der Waals surface area contributed by atoms with Crippen molar-refractivity contribution in [2.45, 2.75) is 4.90 Å². The van der Waals surface area contributed by atoms with Gasteiger partial charge in [-0.25, -0.2) is 18.4 Å². The van der Waals surface area contributed by atoms with E-state index in [1.54, 1.807) is 0 Å². The van der Waals surface area contributed by atoms with Gasteiger partial charge in [0, 0.05) is 0 Å². The lowest BCUT2D eigenvalue weighted by Crippen LogP contribution is -2.14. The van der Waals surface area contributed by atoms with Crippen molar-refractivity contribution in [3.05, 3.63) is 44.7 Å². The van der Waals surface area contributed by atoms with Gasteiger partial charge in [0.05, 0.1) is 14.9 Å². The molecule has 2 aromatic rings. The number of nitrogens with one attached hydrogen (secondary N) is 1. The summed E-state index contributed by atoms with van der Waals surface area (Å²) in [6.45, 7) is 0. The van der Waals surface area contributed by atoms with Crippen LogP contribution in [-0.4, -0.2) is 18.4 Å². The van der Waals surface area contributed by atoms with Crippen LogP contribution in [0.4, 0.5) is 5.82 Å². The molecule has 0 bridgehead atoms. The summed E-state index contributed by atoms with van der Waals surface area (Å²) in [6, 6.07) is 3.88. The molecule has 0 atom stereocenters. The molecule has 1 heterocycles. The molecule has 2 rings (SSSR count). The van der Waals surface area contributed by atoms with Gasteiger partial charge in [0.2, 0.25) is 0 Å². The Morgan fingerprint density at radius 3 is 2.35 bits per heavy atom. The molecular weight excluding hydrogens is 368 g/mol. The predicted molar refractivity (Wildman–Crippen MR) is 79.3 cm³/mol. The number of rotatable bonds is 3. The van der Waals surface area contributed by atoms with E-state index >= 15 is 0 Å². The Kier molecular flexibility index (Phi) is 4.61. The molecule has 0 amide bonds. The Balaban J connectivity index is 2.41. The summed E-state index contributed by atoms with van der Waals surface area (Å²) in [5, 5.41) is 0.196. The zero-order valence-electron chi connectivity index (χ0n) is 9.44. The second kappa shape index (κ2) is 5.91. The molecule has 1 N–H and O–H groups in total. The van der Waals surface area contributed by atoms with Crippen LogP contribution in [0.15, 0.2) is 29.4 Å². The first-order valence-corrected chi connectivity index (χ1v) is 7.94. The fourth-order valence-corrected chi connectivity index (χ4v) is 2.99. The minimum atomic E-state index is -3.92. The van der Waals surface area contributed by atoms with Gasteiger partial charge in [0.25, 0.3) is 10.0 Å². The summed E-state index contributed by atoms with van der Waals surface area (Å²) >= 11 is 23.0. The third-order valence-corrected chi connectivity index (χ3v) is 5.00. The molecule has 20 heavy (non-hydrogen) atoms. The highest BCUT2D eigenvalue weighted by Crippen LogP contribution is 2.29. The van der Waals surface area contributed by atoms with E-state index in [4.69, 9.17) is 46.4 Å². The molecule has 0 aliphatic carbocycles. The lowest BCUT2D eigenvalue weighted by Gasteiger charge is -2.09. The average Bonchev–Trinajstić information content (AvgIpc) is 2.38. The van der Waals surface area contributed by atoms with E-state index in [1.807, 2.05) is 0 Å². The maximum atomic E-state index is 12.2. The smallest absolute Gasteiger partial charge is 0.262 e. The molecule has 5 nitrogen and oxygen atoms in total. The summed E-state index contributed by atoms with van der Waals surface area (Å²) in [6.07, 6.45) is 1.08. The van der Waals surface area contributed by atoms with E-state index in [-0.39, 0.29) is 30.9 Å². The molecule has 106 valence electrons. The van der Waals surface area contributed by atoms with E-state index in [1.165, 1.54) is 18.2 Å². The third-order valence-electron chi connectivity index (χ3n) is 2.18. The van der Waals surface area contributed by atoms with E-state index in [2.05, 4.69) is 14.7 Å². The van der Waals surface area contributed by atoms with Crippen LogP contribution in [0.25, 0.3) is 0 Å². The van der Waals surface area contributed by atoms with E-state index < -0.39 is 10.0 Å². The zero-order chi connectivity index (χ0) is 14.9. The number of nitrogens with zero attached hydrogens (tertiary/aromatic N) is 2. The first kappa shape index (κ1) is 15.6. The quantitative estimate of drug-likeness (QED) is 0.829. The van der Waals surface area contributed by atoms with Crippen molar-refractivity contribution in [3.63, 3.8) is 0 Å². The van der Waals surface area contributed by atoms with Crippen LogP contribution in [0, 0.1) is 0 Å². The summed E-state index contributed by atoms with van der Waals surface area (Å²) in [5.74, 6) is -0.127. The third kappa shape index (κ3) is 3.27. The first-order chi connectivity index (χ1) is 9.31. The fraction of sp³-hybridized carbons (Fsp3) is 0. The zero-order valence-corrected chi connectivity index (χ0v) is 13.3. The maximum absolute atomic E-state index is 12.2. The normalized spacial score (nSPS) is 11.4. The Labute approximate surface area is 134 Å². The highest BCUT2D eigenvalue weighted by atomic mass is 35.5. The van der Waals surface area contributed by atoms with Crippen molar-refractivity contribution >= 4 is 62.2 Å². The minimum Gasteiger partial charge on any atom is -0.262 e. The Morgan fingerprint density at radius 2 is 1.70 bits per heavy atom. The summed E-state index contributed by atoms with van der Waals surface area (Å²) < 4.78 is 26.5. The molecule has 0 aliphatic heterocycles. The van der Waals surface area contributed by atoms with Crippen molar-refractivity contribution in [2.24, 2.45) is 0 Å². The lowest BCUT2D eigenvalue weighted by molar-refractivity contribution is 0.601.